The summed E-state index contributed by atoms with van der Waals surface area (Å²) in [5.41, 5.74) is 8.97. The Morgan fingerprint density at radius 1 is 1.13 bits per heavy atom. The molecule has 3 aliphatic rings. The van der Waals surface area contributed by atoms with Crippen LogP contribution in [0.25, 0.3) is 10.2 Å². The van der Waals surface area contributed by atoms with E-state index in [1.807, 2.05) is 0 Å². The molecule has 208 valence electrons. The van der Waals surface area contributed by atoms with Crippen LogP contribution in [0.4, 0.5) is 17.3 Å². The number of primary amides is 1. The van der Waals surface area contributed by atoms with Crippen molar-refractivity contribution in [3.8, 4) is 5.88 Å². The minimum atomic E-state index is -0.264. The number of nitrogens with one attached hydrogen (secondary N) is 2. The highest BCUT2D eigenvalue weighted by molar-refractivity contribution is 7.19. The number of piperazine rings is 1. The van der Waals surface area contributed by atoms with Gasteiger partial charge in [-0.15, -0.1) is 11.3 Å². The Labute approximate surface area is 234 Å². The Morgan fingerprint density at radius 2 is 1.87 bits per heavy atom. The van der Waals surface area contributed by atoms with Gasteiger partial charge in [0.2, 0.25) is 17.7 Å². The molecule has 39 heavy (non-hydrogen) atoms. The van der Waals surface area contributed by atoms with E-state index in [-0.39, 0.29) is 17.9 Å². The van der Waals surface area contributed by atoms with Gasteiger partial charge in [0.1, 0.15) is 10.9 Å². The van der Waals surface area contributed by atoms with Gasteiger partial charge in [0.25, 0.3) is 0 Å². The molecule has 4 N–H and O–H groups in total. The van der Waals surface area contributed by atoms with Gasteiger partial charge >= 0.3 is 0 Å². The first kappa shape index (κ1) is 26.3. The number of nitrogens with zero attached hydrogens (tertiary/aromatic N) is 4. The first-order valence-corrected chi connectivity index (χ1v) is 15.0. The van der Waals surface area contributed by atoms with E-state index in [1.165, 1.54) is 16.1 Å². The molecule has 1 saturated carbocycles. The summed E-state index contributed by atoms with van der Waals surface area (Å²) in [6, 6.07) is 9.08. The van der Waals surface area contributed by atoms with E-state index < -0.39 is 0 Å². The molecule has 6 rings (SSSR count). The zero-order valence-corrected chi connectivity index (χ0v) is 23.7. The van der Waals surface area contributed by atoms with E-state index in [2.05, 4.69) is 58.8 Å². The summed E-state index contributed by atoms with van der Waals surface area (Å²) in [5, 5.41) is 7.81. The lowest BCUT2D eigenvalue weighted by atomic mass is 9.92. The number of ether oxygens (including phenoxy) is 1. The lowest BCUT2D eigenvalue weighted by Crippen LogP contribution is -2.43. The monoisotopic (exact) mass is 549 g/mol. The molecule has 10 heteroatoms. The van der Waals surface area contributed by atoms with Gasteiger partial charge < -0.3 is 30.9 Å². The molecular formula is C29H39N7O2S. The van der Waals surface area contributed by atoms with Crippen molar-refractivity contribution in [3.05, 3.63) is 34.7 Å². The molecule has 1 aliphatic heterocycles. The predicted molar refractivity (Wildman–Crippen MR) is 157 cm³/mol. The molecule has 9 nitrogen and oxygen atoms in total. The van der Waals surface area contributed by atoms with Crippen LogP contribution in [0, 0.1) is 0 Å². The number of aromatic nitrogens is 2. The standard InChI is InChI=1S/C29H39N7O2S/c1-35(2)20-8-10-22(11-9-20)38-27-26-25-18(17-24(30)37)3-12-23(25)39-28(26)34-29(33-27)32-19-4-6-21(7-5-19)36-15-13-31-14-16-36/h4-7,18,20,22,31H,3,8-17H2,1-2H3,(H2,30,37)(H,32,33,34)/t18?,20-,22-. The van der Waals surface area contributed by atoms with Crippen molar-refractivity contribution >= 4 is 44.8 Å². The number of rotatable bonds is 8. The molecule has 2 aromatic heterocycles. The van der Waals surface area contributed by atoms with Crippen molar-refractivity contribution in [2.45, 2.75) is 63.0 Å². The number of hydrogen-bond donors (Lipinski definition) is 3. The van der Waals surface area contributed by atoms with Crippen LogP contribution in [0.15, 0.2) is 24.3 Å². The number of amides is 1. The smallest absolute Gasteiger partial charge is 0.231 e. The maximum Gasteiger partial charge on any atom is 0.231 e. The summed E-state index contributed by atoms with van der Waals surface area (Å²) in [4.78, 5) is 28.6. The van der Waals surface area contributed by atoms with Gasteiger partial charge in [-0.05, 0) is 88.4 Å². The number of benzene rings is 1. The van der Waals surface area contributed by atoms with Crippen LogP contribution in [0.1, 0.15) is 54.9 Å². The molecule has 1 unspecified atom stereocenters. The largest absolute Gasteiger partial charge is 0.474 e. The summed E-state index contributed by atoms with van der Waals surface area (Å²) in [6.45, 7) is 4.06. The van der Waals surface area contributed by atoms with Gasteiger partial charge in [0.15, 0.2) is 0 Å². The van der Waals surface area contributed by atoms with Crippen molar-refractivity contribution in [2.24, 2.45) is 5.73 Å². The number of nitrogens with two attached hydrogens (primary N) is 1. The Balaban J connectivity index is 1.29. The fourth-order valence-electron chi connectivity index (χ4n) is 6.34. The molecule has 2 fully saturated rings. The second-order valence-corrected chi connectivity index (χ2v) is 12.4. The molecule has 1 amide bonds. The Hall–Kier alpha value is -2.95. The van der Waals surface area contributed by atoms with Gasteiger partial charge in [0.05, 0.1) is 5.39 Å². The molecule has 1 atom stereocenters. The Morgan fingerprint density at radius 3 is 2.56 bits per heavy atom. The molecule has 3 aromatic rings. The lowest BCUT2D eigenvalue weighted by molar-refractivity contribution is -0.118. The first-order valence-electron chi connectivity index (χ1n) is 14.2. The van der Waals surface area contributed by atoms with Crippen LogP contribution in [0.3, 0.4) is 0 Å². The third-order valence-electron chi connectivity index (χ3n) is 8.47. The van der Waals surface area contributed by atoms with Crippen LogP contribution in [0.2, 0.25) is 0 Å². The molecule has 1 saturated heterocycles. The van der Waals surface area contributed by atoms with Crippen molar-refractivity contribution in [1.82, 2.24) is 20.2 Å². The molecule has 3 heterocycles. The number of aryl methyl sites for hydroxylation is 1. The summed E-state index contributed by atoms with van der Waals surface area (Å²) in [6.07, 6.45) is 6.59. The number of anilines is 3. The van der Waals surface area contributed by atoms with Crippen LogP contribution in [-0.2, 0) is 11.2 Å². The molecule has 2 aliphatic carbocycles. The van der Waals surface area contributed by atoms with Crippen molar-refractivity contribution in [2.75, 3.05) is 50.5 Å². The van der Waals surface area contributed by atoms with Crippen molar-refractivity contribution in [1.29, 1.82) is 0 Å². The average molecular weight is 550 g/mol. The quantitative estimate of drug-likeness (QED) is 0.387. The zero-order valence-electron chi connectivity index (χ0n) is 22.9. The SMILES string of the molecule is CN(C)[C@H]1CC[C@H](Oc2nc(Nc3ccc(N4CCNCC4)cc3)nc3sc4c(c23)C(CC(N)=O)CC4)CC1. The van der Waals surface area contributed by atoms with Crippen LogP contribution in [-0.4, -0.2) is 73.2 Å². The van der Waals surface area contributed by atoms with E-state index in [0.29, 0.717) is 24.3 Å². The summed E-state index contributed by atoms with van der Waals surface area (Å²) >= 11 is 1.70. The Bertz CT molecular complexity index is 1310. The molecule has 0 spiro atoms. The minimum absolute atomic E-state index is 0.109. The molecule has 0 radical (unpaired) electrons. The zero-order chi connectivity index (χ0) is 26.9. The van der Waals surface area contributed by atoms with Gasteiger partial charge in [-0.1, -0.05) is 0 Å². The molecular weight excluding hydrogens is 510 g/mol. The third-order valence-corrected chi connectivity index (χ3v) is 9.63. The summed E-state index contributed by atoms with van der Waals surface area (Å²) in [7, 11) is 4.31. The normalized spacial score (nSPS) is 23.3. The first-order chi connectivity index (χ1) is 18.9. The minimum Gasteiger partial charge on any atom is -0.474 e. The van der Waals surface area contributed by atoms with Crippen LogP contribution < -0.4 is 26.0 Å². The van der Waals surface area contributed by atoms with Crippen LogP contribution in [0.5, 0.6) is 5.88 Å². The highest BCUT2D eigenvalue weighted by atomic mass is 32.1. The fraction of sp³-hybridized carbons (Fsp3) is 0.552. The van der Waals surface area contributed by atoms with E-state index in [4.69, 9.17) is 20.4 Å². The maximum absolute atomic E-state index is 11.8. The highest BCUT2D eigenvalue weighted by Crippen LogP contribution is 2.48. The fourth-order valence-corrected chi connectivity index (χ4v) is 7.60. The summed E-state index contributed by atoms with van der Waals surface area (Å²) < 4.78 is 6.68. The number of hydrogen-bond acceptors (Lipinski definition) is 9. The molecule has 1 aromatic carbocycles. The van der Waals surface area contributed by atoms with E-state index in [1.54, 1.807) is 11.3 Å². The number of fused-ring (bicyclic) bond motifs is 3. The number of carbonyl (C=O) groups excluding carboxylic acids is 1. The van der Waals surface area contributed by atoms with E-state index in [9.17, 15) is 4.79 Å². The topological polar surface area (TPSA) is 109 Å². The van der Waals surface area contributed by atoms with Crippen LogP contribution >= 0.6 is 11.3 Å². The maximum atomic E-state index is 11.8. The van der Waals surface area contributed by atoms with Crippen molar-refractivity contribution < 1.29 is 9.53 Å². The summed E-state index contributed by atoms with van der Waals surface area (Å²) in [5.74, 6) is 1.03. The van der Waals surface area contributed by atoms with E-state index >= 15 is 0 Å². The molecule has 0 bridgehead atoms. The van der Waals surface area contributed by atoms with E-state index in [0.717, 1.165) is 80.6 Å². The second kappa shape index (κ2) is 11.3. The van der Waals surface area contributed by atoms with Gasteiger partial charge in [-0.2, -0.15) is 4.98 Å². The van der Waals surface area contributed by atoms with Crippen molar-refractivity contribution in [3.63, 3.8) is 0 Å². The second-order valence-electron chi connectivity index (χ2n) is 11.3. The number of thiophene rings is 1. The van der Waals surface area contributed by atoms with Gasteiger partial charge in [0, 0.05) is 54.9 Å². The number of carbonyl (C=O) groups is 1. The predicted octanol–water partition coefficient (Wildman–Crippen LogP) is 4.00. The Kier molecular flexibility index (Phi) is 7.59. The highest BCUT2D eigenvalue weighted by Gasteiger charge is 2.33. The third kappa shape index (κ3) is 5.69. The average Bonchev–Trinajstić information content (AvgIpc) is 3.49. The lowest BCUT2D eigenvalue weighted by Gasteiger charge is -2.32. The van der Waals surface area contributed by atoms with Gasteiger partial charge in [-0.3, -0.25) is 4.79 Å². The van der Waals surface area contributed by atoms with Gasteiger partial charge in [-0.25, -0.2) is 4.98 Å².